The van der Waals surface area contributed by atoms with Gasteiger partial charge in [0.2, 0.25) is 5.91 Å². The van der Waals surface area contributed by atoms with E-state index in [4.69, 9.17) is 10.5 Å². The maximum atomic E-state index is 11.7. The van der Waals surface area contributed by atoms with Crippen LogP contribution < -0.4 is 11.1 Å². The monoisotopic (exact) mass is 264 g/mol. The topological polar surface area (TPSA) is 64.3 Å². The van der Waals surface area contributed by atoms with Gasteiger partial charge in [0.15, 0.2) is 0 Å². The molecule has 0 aliphatic heterocycles. The first-order valence-electron chi connectivity index (χ1n) is 6.81. The fraction of sp³-hybridized carbons (Fsp3) is 0.533. The molecular weight excluding hydrogens is 240 g/mol. The number of amides is 1. The molecule has 4 nitrogen and oxygen atoms in total. The van der Waals surface area contributed by atoms with Crippen LogP contribution in [-0.4, -0.2) is 25.2 Å². The first kappa shape index (κ1) is 15.7. The summed E-state index contributed by atoms with van der Waals surface area (Å²) in [6.07, 6.45) is 1.09. The minimum atomic E-state index is -0.0888. The molecule has 0 aromatic heterocycles. The Balaban J connectivity index is 2.26. The van der Waals surface area contributed by atoms with Crippen LogP contribution in [0.5, 0.6) is 0 Å². The summed E-state index contributed by atoms with van der Waals surface area (Å²) in [4.78, 5) is 11.7. The number of ether oxygens (including phenoxy) is 1. The molecule has 106 valence electrons. The standard InChI is InChI=1S/C15H24N2O2/c1-3-19-11-12(2)17-15(18)10-9-14(16)13-7-5-4-6-8-13/h4-8,12,14H,3,9-11,16H2,1-2H3,(H,17,18). The summed E-state index contributed by atoms with van der Waals surface area (Å²) in [7, 11) is 0. The van der Waals surface area contributed by atoms with Crippen molar-refractivity contribution in [2.45, 2.75) is 38.8 Å². The Hall–Kier alpha value is -1.39. The molecule has 2 atom stereocenters. The summed E-state index contributed by atoms with van der Waals surface area (Å²) in [5.41, 5.74) is 7.12. The van der Waals surface area contributed by atoms with E-state index in [0.717, 1.165) is 5.56 Å². The van der Waals surface area contributed by atoms with Gasteiger partial charge in [-0.3, -0.25) is 4.79 Å². The molecule has 0 fully saturated rings. The van der Waals surface area contributed by atoms with Gasteiger partial charge in [-0.25, -0.2) is 0 Å². The molecule has 0 saturated heterocycles. The first-order chi connectivity index (χ1) is 9.13. The fourth-order valence-electron chi connectivity index (χ4n) is 1.84. The molecular formula is C15H24N2O2. The van der Waals surface area contributed by atoms with Gasteiger partial charge in [-0.1, -0.05) is 30.3 Å². The molecule has 0 bridgehead atoms. The van der Waals surface area contributed by atoms with Crippen LogP contribution in [0.25, 0.3) is 0 Å². The van der Waals surface area contributed by atoms with Gasteiger partial charge in [-0.05, 0) is 25.8 Å². The van der Waals surface area contributed by atoms with Crippen LogP contribution in [0.2, 0.25) is 0 Å². The van der Waals surface area contributed by atoms with E-state index >= 15 is 0 Å². The third-order valence-electron chi connectivity index (χ3n) is 2.89. The molecule has 0 spiro atoms. The second kappa shape index (κ2) is 8.67. The van der Waals surface area contributed by atoms with E-state index in [1.165, 1.54) is 0 Å². The van der Waals surface area contributed by atoms with Gasteiger partial charge in [-0.15, -0.1) is 0 Å². The first-order valence-corrected chi connectivity index (χ1v) is 6.81. The average molecular weight is 264 g/mol. The Bertz CT molecular complexity index is 368. The van der Waals surface area contributed by atoms with Gasteiger partial charge in [0.05, 0.1) is 6.61 Å². The number of nitrogens with two attached hydrogens (primary N) is 1. The van der Waals surface area contributed by atoms with E-state index in [9.17, 15) is 4.79 Å². The van der Waals surface area contributed by atoms with E-state index in [-0.39, 0.29) is 18.0 Å². The normalized spacial score (nSPS) is 13.8. The van der Waals surface area contributed by atoms with Gasteiger partial charge in [0.1, 0.15) is 0 Å². The van der Waals surface area contributed by atoms with Gasteiger partial charge in [0.25, 0.3) is 0 Å². The van der Waals surface area contributed by atoms with Crippen molar-refractivity contribution in [1.29, 1.82) is 0 Å². The molecule has 2 unspecified atom stereocenters. The highest BCUT2D eigenvalue weighted by atomic mass is 16.5. The molecule has 0 radical (unpaired) electrons. The van der Waals surface area contributed by atoms with Crippen LogP contribution in [0.3, 0.4) is 0 Å². The van der Waals surface area contributed by atoms with Crippen LogP contribution in [0.4, 0.5) is 0 Å². The van der Waals surface area contributed by atoms with E-state index in [0.29, 0.717) is 26.1 Å². The number of carbonyl (C=O) groups is 1. The summed E-state index contributed by atoms with van der Waals surface area (Å²) in [5.74, 6) is 0.0265. The lowest BCUT2D eigenvalue weighted by Crippen LogP contribution is -2.36. The number of rotatable bonds is 8. The average Bonchev–Trinajstić information content (AvgIpc) is 2.43. The molecule has 0 heterocycles. The molecule has 1 rings (SSSR count). The third kappa shape index (κ3) is 6.36. The SMILES string of the molecule is CCOCC(C)NC(=O)CCC(N)c1ccccc1. The summed E-state index contributed by atoms with van der Waals surface area (Å²) >= 11 is 0. The lowest BCUT2D eigenvalue weighted by atomic mass is 10.0. The van der Waals surface area contributed by atoms with E-state index in [1.54, 1.807) is 0 Å². The number of hydrogen-bond donors (Lipinski definition) is 2. The maximum Gasteiger partial charge on any atom is 0.220 e. The third-order valence-corrected chi connectivity index (χ3v) is 2.89. The molecule has 1 aromatic rings. The highest BCUT2D eigenvalue weighted by Crippen LogP contribution is 2.14. The Kier molecular flexibility index (Phi) is 7.15. The minimum Gasteiger partial charge on any atom is -0.380 e. The predicted octanol–water partition coefficient (Wildman–Crippen LogP) is 2.01. The quantitative estimate of drug-likeness (QED) is 0.755. The Morgan fingerprint density at radius 3 is 2.68 bits per heavy atom. The number of carbonyl (C=O) groups excluding carboxylic acids is 1. The fourth-order valence-corrected chi connectivity index (χ4v) is 1.84. The summed E-state index contributed by atoms with van der Waals surface area (Å²) < 4.78 is 5.25. The zero-order valence-electron chi connectivity index (χ0n) is 11.8. The number of nitrogens with one attached hydrogen (secondary N) is 1. The summed E-state index contributed by atoms with van der Waals surface area (Å²) in [6.45, 7) is 5.09. The highest BCUT2D eigenvalue weighted by Gasteiger charge is 2.11. The van der Waals surface area contributed by atoms with Gasteiger partial charge >= 0.3 is 0 Å². The van der Waals surface area contributed by atoms with E-state index < -0.39 is 0 Å². The molecule has 4 heteroatoms. The van der Waals surface area contributed by atoms with Crippen molar-refractivity contribution in [2.75, 3.05) is 13.2 Å². The Morgan fingerprint density at radius 1 is 1.37 bits per heavy atom. The van der Waals surface area contributed by atoms with E-state index in [2.05, 4.69) is 5.32 Å². The molecule has 3 N–H and O–H groups in total. The summed E-state index contributed by atoms with van der Waals surface area (Å²) in [5, 5.41) is 2.90. The van der Waals surface area contributed by atoms with Crippen LogP contribution in [0.1, 0.15) is 38.3 Å². The second-order valence-corrected chi connectivity index (χ2v) is 4.68. The van der Waals surface area contributed by atoms with Crippen LogP contribution in [-0.2, 0) is 9.53 Å². The zero-order chi connectivity index (χ0) is 14.1. The second-order valence-electron chi connectivity index (χ2n) is 4.68. The lowest BCUT2D eigenvalue weighted by Gasteiger charge is -2.15. The zero-order valence-corrected chi connectivity index (χ0v) is 11.8. The van der Waals surface area contributed by atoms with Gasteiger partial charge < -0.3 is 15.8 Å². The molecule has 1 amide bonds. The largest absolute Gasteiger partial charge is 0.380 e. The van der Waals surface area contributed by atoms with Gasteiger partial charge in [0, 0.05) is 25.1 Å². The summed E-state index contributed by atoms with van der Waals surface area (Å²) in [6, 6.07) is 9.80. The molecule has 0 saturated carbocycles. The van der Waals surface area contributed by atoms with Crippen molar-refractivity contribution >= 4 is 5.91 Å². The van der Waals surface area contributed by atoms with Crippen molar-refractivity contribution in [3.05, 3.63) is 35.9 Å². The van der Waals surface area contributed by atoms with Crippen molar-refractivity contribution in [2.24, 2.45) is 5.73 Å². The van der Waals surface area contributed by atoms with Crippen LogP contribution >= 0.6 is 0 Å². The van der Waals surface area contributed by atoms with Crippen molar-refractivity contribution in [3.63, 3.8) is 0 Å². The number of benzene rings is 1. The van der Waals surface area contributed by atoms with Crippen molar-refractivity contribution in [3.8, 4) is 0 Å². The molecule has 19 heavy (non-hydrogen) atoms. The highest BCUT2D eigenvalue weighted by molar-refractivity contribution is 5.76. The minimum absolute atomic E-state index is 0.0265. The van der Waals surface area contributed by atoms with E-state index in [1.807, 2.05) is 44.2 Å². The number of hydrogen-bond acceptors (Lipinski definition) is 3. The van der Waals surface area contributed by atoms with Gasteiger partial charge in [-0.2, -0.15) is 0 Å². The predicted molar refractivity (Wildman–Crippen MR) is 76.7 cm³/mol. The molecule has 0 aliphatic carbocycles. The van der Waals surface area contributed by atoms with Crippen LogP contribution in [0, 0.1) is 0 Å². The van der Waals surface area contributed by atoms with Crippen LogP contribution in [0.15, 0.2) is 30.3 Å². The Labute approximate surface area is 115 Å². The smallest absolute Gasteiger partial charge is 0.220 e. The molecule has 1 aromatic carbocycles. The lowest BCUT2D eigenvalue weighted by molar-refractivity contribution is -0.122. The van der Waals surface area contributed by atoms with Crippen molar-refractivity contribution in [1.82, 2.24) is 5.32 Å². The van der Waals surface area contributed by atoms with Crippen molar-refractivity contribution < 1.29 is 9.53 Å². The molecule has 0 aliphatic rings. The maximum absolute atomic E-state index is 11.7. The Morgan fingerprint density at radius 2 is 2.05 bits per heavy atom.